The van der Waals surface area contributed by atoms with Gasteiger partial charge in [0.05, 0.1) is 0 Å². The molecule has 1 nitrogen and oxygen atoms in total. The molecule has 0 spiro atoms. The molecule has 1 heteroatoms. The maximum absolute atomic E-state index is 5.77. The van der Waals surface area contributed by atoms with Crippen LogP contribution >= 0.6 is 0 Å². The number of aryl methyl sites for hydroxylation is 2. The van der Waals surface area contributed by atoms with Crippen LogP contribution in [0.5, 0.6) is 0 Å². The van der Waals surface area contributed by atoms with Gasteiger partial charge in [-0.25, -0.2) is 0 Å². The topological polar surface area (TPSA) is 26.0 Å². The van der Waals surface area contributed by atoms with E-state index in [0.29, 0.717) is 5.41 Å². The molecule has 0 bridgehead atoms. The van der Waals surface area contributed by atoms with Gasteiger partial charge < -0.3 is 5.73 Å². The molecule has 1 aromatic carbocycles. The predicted molar refractivity (Wildman–Crippen MR) is 63.4 cm³/mol. The molecule has 0 fully saturated rings. The fourth-order valence-corrected chi connectivity index (χ4v) is 1.41. The van der Waals surface area contributed by atoms with Crippen LogP contribution in [0, 0.1) is 12.3 Å². The van der Waals surface area contributed by atoms with Gasteiger partial charge in [-0.05, 0) is 42.4 Å². The molecule has 78 valence electrons. The molecule has 0 heterocycles. The Labute approximate surface area is 87.3 Å². The van der Waals surface area contributed by atoms with Gasteiger partial charge in [0.15, 0.2) is 0 Å². The van der Waals surface area contributed by atoms with Crippen molar-refractivity contribution in [2.24, 2.45) is 5.41 Å². The van der Waals surface area contributed by atoms with Crippen LogP contribution in [0.25, 0.3) is 0 Å². The number of anilines is 1. The van der Waals surface area contributed by atoms with E-state index in [1.165, 1.54) is 17.5 Å². The highest BCUT2D eigenvalue weighted by Gasteiger charge is 2.09. The lowest BCUT2D eigenvalue weighted by molar-refractivity contribution is 0.378. The largest absolute Gasteiger partial charge is 0.399 e. The summed E-state index contributed by atoms with van der Waals surface area (Å²) in [6, 6.07) is 6.34. The SMILES string of the molecule is Cc1cc(CCC(C)(C)C)ccc1N. The minimum atomic E-state index is 0.412. The second-order valence-electron chi connectivity index (χ2n) is 5.25. The molecule has 1 rings (SSSR count). The molecule has 0 aliphatic rings. The highest BCUT2D eigenvalue weighted by Crippen LogP contribution is 2.22. The van der Waals surface area contributed by atoms with E-state index in [-0.39, 0.29) is 0 Å². The van der Waals surface area contributed by atoms with Crippen molar-refractivity contribution in [1.29, 1.82) is 0 Å². The number of nitrogen functional groups attached to an aromatic ring is 1. The molecule has 0 radical (unpaired) electrons. The maximum Gasteiger partial charge on any atom is 0.0343 e. The lowest BCUT2D eigenvalue weighted by Crippen LogP contribution is -2.06. The zero-order chi connectivity index (χ0) is 10.8. The molecular weight excluding hydrogens is 170 g/mol. The Morgan fingerprint density at radius 3 is 2.36 bits per heavy atom. The third-order valence-electron chi connectivity index (χ3n) is 2.50. The summed E-state index contributed by atoms with van der Waals surface area (Å²) < 4.78 is 0. The first-order valence-corrected chi connectivity index (χ1v) is 5.23. The lowest BCUT2D eigenvalue weighted by atomic mass is 9.88. The molecule has 0 aliphatic carbocycles. The number of hydrogen-bond acceptors (Lipinski definition) is 1. The normalized spacial score (nSPS) is 11.7. The Kier molecular flexibility index (Phi) is 3.20. The number of rotatable bonds is 2. The molecule has 2 N–H and O–H groups in total. The van der Waals surface area contributed by atoms with Gasteiger partial charge in [-0.3, -0.25) is 0 Å². The van der Waals surface area contributed by atoms with E-state index in [2.05, 4.69) is 39.8 Å². The van der Waals surface area contributed by atoms with Crippen molar-refractivity contribution in [3.8, 4) is 0 Å². The highest BCUT2D eigenvalue weighted by atomic mass is 14.5. The smallest absolute Gasteiger partial charge is 0.0343 e. The van der Waals surface area contributed by atoms with Crippen LogP contribution in [-0.2, 0) is 6.42 Å². The minimum absolute atomic E-state index is 0.412. The standard InChI is InChI=1S/C13H21N/c1-10-9-11(5-6-12(10)14)7-8-13(2,3)4/h5-6,9H,7-8,14H2,1-4H3. The Bertz CT molecular complexity index is 308. The molecule has 0 aromatic heterocycles. The van der Waals surface area contributed by atoms with Crippen LogP contribution in [-0.4, -0.2) is 0 Å². The van der Waals surface area contributed by atoms with E-state index >= 15 is 0 Å². The van der Waals surface area contributed by atoms with E-state index in [4.69, 9.17) is 5.73 Å². The van der Waals surface area contributed by atoms with Gasteiger partial charge in [-0.15, -0.1) is 0 Å². The van der Waals surface area contributed by atoms with E-state index in [1.807, 2.05) is 6.07 Å². The van der Waals surface area contributed by atoms with Crippen molar-refractivity contribution in [3.05, 3.63) is 29.3 Å². The third kappa shape index (κ3) is 3.41. The van der Waals surface area contributed by atoms with Gasteiger partial charge in [0.1, 0.15) is 0 Å². The average Bonchev–Trinajstić information content (AvgIpc) is 2.06. The van der Waals surface area contributed by atoms with E-state index < -0.39 is 0 Å². The maximum atomic E-state index is 5.77. The van der Waals surface area contributed by atoms with Crippen molar-refractivity contribution in [3.63, 3.8) is 0 Å². The highest BCUT2D eigenvalue weighted by molar-refractivity contribution is 5.47. The molecule has 0 amide bonds. The first kappa shape index (κ1) is 11.1. The van der Waals surface area contributed by atoms with Gasteiger partial charge in [0.2, 0.25) is 0 Å². The Morgan fingerprint density at radius 2 is 1.86 bits per heavy atom. The molecule has 14 heavy (non-hydrogen) atoms. The second kappa shape index (κ2) is 4.04. The first-order chi connectivity index (χ1) is 6.38. The molecule has 0 atom stereocenters. The Hall–Kier alpha value is -0.980. The summed E-state index contributed by atoms with van der Waals surface area (Å²) in [7, 11) is 0. The number of nitrogens with two attached hydrogens (primary N) is 1. The monoisotopic (exact) mass is 191 g/mol. The second-order valence-corrected chi connectivity index (χ2v) is 5.25. The summed E-state index contributed by atoms with van der Waals surface area (Å²) in [4.78, 5) is 0. The molecular formula is C13H21N. The average molecular weight is 191 g/mol. The van der Waals surface area contributed by atoms with Crippen LogP contribution in [0.15, 0.2) is 18.2 Å². The van der Waals surface area contributed by atoms with Gasteiger partial charge in [-0.1, -0.05) is 32.9 Å². The van der Waals surface area contributed by atoms with Crippen molar-refractivity contribution >= 4 is 5.69 Å². The van der Waals surface area contributed by atoms with Gasteiger partial charge in [-0.2, -0.15) is 0 Å². The van der Waals surface area contributed by atoms with Crippen molar-refractivity contribution in [2.45, 2.75) is 40.5 Å². The lowest BCUT2D eigenvalue weighted by Gasteiger charge is -2.18. The third-order valence-corrected chi connectivity index (χ3v) is 2.50. The summed E-state index contributed by atoms with van der Waals surface area (Å²) in [5.74, 6) is 0. The summed E-state index contributed by atoms with van der Waals surface area (Å²) in [6.45, 7) is 8.89. The molecule has 0 saturated heterocycles. The molecule has 0 unspecified atom stereocenters. The van der Waals surface area contributed by atoms with Crippen LogP contribution in [0.2, 0.25) is 0 Å². The Morgan fingerprint density at radius 1 is 1.21 bits per heavy atom. The summed E-state index contributed by atoms with van der Waals surface area (Å²) >= 11 is 0. The summed E-state index contributed by atoms with van der Waals surface area (Å²) in [5.41, 5.74) is 9.66. The quantitative estimate of drug-likeness (QED) is 0.711. The van der Waals surface area contributed by atoms with Crippen molar-refractivity contribution < 1.29 is 0 Å². The zero-order valence-corrected chi connectivity index (χ0v) is 9.72. The molecule has 0 aliphatic heterocycles. The first-order valence-electron chi connectivity index (χ1n) is 5.23. The van der Waals surface area contributed by atoms with E-state index in [9.17, 15) is 0 Å². The summed E-state index contributed by atoms with van der Waals surface area (Å²) in [6.07, 6.45) is 2.36. The van der Waals surface area contributed by atoms with E-state index in [1.54, 1.807) is 0 Å². The zero-order valence-electron chi connectivity index (χ0n) is 9.72. The van der Waals surface area contributed by atoms with E-state index in [0.717, 1.165) is 12.1 Å². The van der Waals surface area contributed by atoms with Crippen LogP contribution < -0.4 is 5.73 Å². The fourth-order valence-electron chi connectivity index (χ4n) is 1.41. The van der Waals surface area contributed by atoms with Crippen LogP contribution in [0.4, 0.5) is 5.69 Å². The van der Waals surface area contributed by atoms with Crippen molar-refractivity contribution in [2.75, 3.05) is 5.73 Å². The van der Waals surface area contributed by atoms with Crippen molar-refractivity contribution in [1.82, 2.24) is 0 Å². The molecule has 0 saturated carbocycles. The number of benzene rings is 1. The van der Waals surface area contributed by atoms with Gasteiger partial charge >= 0.3 is 0 Å². The van der Waals surface area contributed by atoms with Gasteiger partial charge in [0, 0.05) is 5.69 Å². The predicted octanol–water partition coefficient (Wildman–Crippen LogP) is 3.56. The Balaban J connectivity index is 2.65. The van der Waals surface area contributed by atoms with Crippen LogP contribution in [0.3, 0.4) is 0 Å². The minimum Gasteiger partial charge on any atom is -0.399 e. The fraction of sp³-hybridized carbons (Fsp3) is 0.538. The van der Waals surface area contributed by atoms with Crippen LogP contribution in [0.1, 0.15) is 38.3 Å². The summed E-state index contributed by atoms with van der Waals surface area (Å²) in [5, 5.41) is 0. The number of hydrogen-bond donors (Lipinski definition) is 1. The van der Waals surface area contributed by atoms with Gasteiger partial charge in [0.25, 0.3) is 0 Å². The molecule has 1 aromatic rings.